The van der Waals surface area contributed by atoms with E-state index in [1.807, 2.05) is 73.8 Å². The Labute approximate surface area is 179 Å². The van der Waals surface area contributed by atoms with Gasteiger partial charge in [0, 0.05) is 30.5 Å². The molecule has 4 nitrogen and oxygen atoms in total. The highest BCUT2D eigenvalue weighted by Gasteiger charge is 2.24. The molecular formula is C24H28ClN3O. The first kappa shape index (κ1) is 22.6. The number of carbonyl (C=O) groups is 1. The van der Waals surface area contributed by atoms with Crippen molar-refractivity contribution in [1.82, 2.24) is 4.98 Å². The molecule has 0 aliphatic heterocycles. The van der Waals surface area contributed by atoms with E-state index in [4.69, 9.17) is 5.73 Å². The van der Waals surface area contributed by atoms with Crippen LogP contribution < -0.4 is 10.6 Å². The molecular weight excluding hydrogens is 382 g/mol. The van der Waals surface area contributed by atoms with Crippen molar-refractivity contribution in [3.63, 3.8) is 0 Å². The van der Waals surface area contributed by atoms with Crippen molar-refractivity contribution in [2.45, 2.75) is 33.2 Å². The average Bonchev–Trinajstić information content (AvgIpc) is 2.72. The Balaban J connectivity index is 0.00000300. The summed E-state index contributed by atoms with van der Waals surface area (Å²) >= 11 is 0. The number of nitrogens with two attached hydrogens (primary N) is 1. The lowest BCUT2D eigenvalue weighted by molar-refractivity contribution is -0.120. The zero-order chi connectivity index (χ0) is 20.1. The van der Waals surface area contributed by atoms with E-state index in [0.29, 0.717) is 13.0 Å². The van der Waals surface area contributed by atoms with Gasteiger partial charge in [0.1, 0.15) is 6.04 Å². The Kier molecular flexibility index (Phi) is 7.94. The first-order valence-electron chi connectivity index (χ1n) is 9.56. The van der Waals surface area contributed by atoms with Gasteiger partial charge in [0.2, 0.25) is 5.91 Å². The molecule has 1 atom stereocenters. The van der Waals surface area contributed by atoms with Crippen LogP contribution in [0.1, 0.15) is 34.0 Å². The van der Waals surface area contributed by atoms with Gasteiger partial charge in [-0.3, -0.25) is 9.78 Å². The monoisotopic (exact) mass is 409 g/mol. The van der Waals surface area contributed by atoms with E-state index in [-0.39, 0.29) is 18.3 Å². The lowest BCUT2D eigenvalue weighted by Gasteiger charge is -2.27. The number of carbonyl (C=O) groups excluding carboxylic acids is 1. The maximum absolute atomic E-state index is 13.3. The minimum atomic E-state index is -0.700. The molecule has 1 unspecified atom stereocenters. The molecule has 0 saturated heterocycles. The van der Waals surface area contributed by atoms with Gasteiger partial charge in [-0.2, -0.15) is 0 Å². The van der Waals surface area contributed by atoms with Gasteiger partial charge in [-0.05, 0) is 61.2 Å². The summed E-state index contributed by atoms with van der Waals surface area (Å²) in [5, 5.41) is 0. The minimum absolute atomic E-state index is 0. The van der Waals surface area contributed by atoms with Crippen LogP contribution >= 0.6 is 12.4 Å². The van der Waals surface area contributed by atoms with E-state index in [1.54, 1.807) is 4.90 Å². The maximum atomic E-state index is 13.3. The summed E-state index contributed by atoms with van der Waals surface area (Å²) in [4.78, 5) is 19.5. The minimum Gasteiger partial charge on any atom is -0.316 e. The van der Waals surface area contributed by atoms with Crippen LogP contribution in [0, 0.1) is 20.8 Å². The first-order valence-corrected chi connectivity index (χ1v) is 9.56. The summed E-state index contributed by atoms with van der Waals surface area (Å²) in [5.74, 6) is -0.110. The highest BCUT2D eigenvalue weighted by Crippen LogP contribution is 2.23. The zero-order valence-corrected chi connectivity index (χ0v) is 17.9. The van der Waals surface area contributed by atoms with Gasteiger partial charge in [-0.25, -0.2) is 0 Å². The summed E-state index contributed by atoms with van der Waals surface area (Å²) < 4.78 is 0. The van der Waals surface area contributed by atoms with Crippen LogP contribution in [0.4, 0.5) is 5.69 Å². The number of pyridine rings is 1. The number of amides is 1. The van der Waals surface area contributed by atoms with Crippen LogP contribution in [0.5, 0.6) is 0 Å². The Hall–Kier alpha value is -2.69. The molecule has 3 rings (SSSR count). The molecule has 2 N–H and O–H groups in total. The molecule has 0 spiro atoms. The molecule has 0 saturated carbocycles. The van der Waals surface area contributed by atoms with E-state index in [9.17, 15) is 4.79 Å². The standard InChI is InChI=1S/C24H27N3O.ClH/c1-17-9-11-21(26-16-17)13-14-27(22-12-10-18(2)19(3)15-22)24(28)23(25)20-7-5-4-6-8-20;/h4-12,15-16,23H,13-14,25H2,1-3H3;1H. The van der Waals surface area contributed by atoms with Crippen molar-refractivity contribution in [2.75, 3.05) is 11.4 Å². The van der Waals surface area contributed by atoms with E-state index in [1.165, 1.54) is 5.56 Å². The van der Waals surface area contributed by atoms with Crippen molar-refractivity contribution in [3.05, 3.63) is 94.8 Å². The molecule has 0 bridgehead atoms. The first-order chi connectivity index (χ1) is 13.5. The highest BCUT2D eigenvalue weighted by molar-refractivity contribution is 5.97. The second kappa shape index (κ2) is 10.2. The Morgan fingerprint density at radius 3 is 2.34 bits per heavy atom. The number of aryl methyl sites for hydroxylation is 3. The normalized spacial score (nSPS) is 11.4. The molecule has 0 radical (unpaired) electrons. The van der Waals surface area contributed by atoms with Gasteiger partial charge >= 0.3 is 0 Å². The number of hydrogen-bond donors (Lipinski definition) is 1. The van der Waals surface area contributed by atoms with Gasteiger partial charge in [0.15, 0.2) is 0 Å². The fraction of sp³-hybridized carbons (Fsp3) is 0.250. The van der Waals surface area contributed by atoms with Gasteiger partial charge in [-0.15, -0.1) is 12.4 Å². The molecule has 5 heteroatoms. The topological polar surface area (TPSA) is 59.2 Å². The van der Waals surface area contributed by atoms with Crippen LogP contribution in [0.2, 0.25) is 0 Å². The van der Waals surface area contributed by atoms with Crippen molar-refractivity contribution < 1.29 is 4.79 Å². The number of rotatable bonds is 6. The van der Waals surface area contributed by atoms with Gasteiger partial charge in [0.25, 0.3) is 0 Å². The Morgan fingerprint density at radius 1 is 1.00 bits per heavy atom. The molecule has 152 valence electrons. The molecule has 0 aliphatic carbocycles. The van der Waals surface area contributed by atoms with Crippen molar-refractivity contribution in [1.29, 1.82) is 0 Å². The van der Waals surface area contributed by atoms with E-state index < -0.39 is 6.04 Å². The molecule has 1 amide bonds. The second-order valence-electron chi connectivity index (χ2n) is 7.22. The summed E-state index contributed by atoms with van der Waals surface area (Å²) in [6.45, 7) is 6.66. The summed E-state index contributed by atoms with van der Waals surface area (Å²) in [6.07, 6.45) is 2.52. The number of hydrogen-bond acceptors (Lipinski definition) is 3. The zero-order valence-electron chi connectivity index (χ0n) is 17.1. The van der Waals surface area contributed by atoms with E-state index in [2.05, 4.69) is 18.8 Å². The highest BCUT2D eigenvalue weighted by atomic mass is 35.5. The molecule has 2 aromatic carbocycles. The molecule has 1 heterocycles. The quantitative estimate of drug-likeness (QED) is 0.641. The molecule has 29 heavy (non-hydrogen) atoms. The van der Waals surface area contributed by atoms with Crippen LogP contribution in [0.25, 0.3) is 0 Å². The lowest BCUT2D eigenvalue weighted by atomic mass is 10.0. The third kappa shape index (κ3) is 5.66. The predicted octanol–water partition coefficient (Wildman–Crippen LogP) is 4.70. The van der Waals surface area contributed by atoms with Crippen molar-refractivity contribution in [2.24, 2.45) is 5.73 Å². The smallest absolute Gasteiger partial charge is 0.248 e. The van der Waals surface area contributed by atoms with Gasteiger partial charge in [-0.1, -0.05) is 42.5 Å². The number of nitrogens with zero attached hydrogens (tertiary/aromatic N) is 2. The molecule has 0 aliphatic rings. The van der Waals surface area contributed by atoms with Crippen molar-refractivity contribution >= 4 is 24.0 Å². The largest absolute Gasteiger partial charge is 0.316 e. The van der Waals surface area contributed by atoms with Crippen molar-refractivity contribution in [3.8, 4) is 0 Å². The SMILES string of the molecule is Cc1ccc(CCN(C(=O)C(N)c2ccccc2)c2ccc(C)c(C)c2)nc1.Cl. The number of benzene rings is 2. The number of anilines is 1. The van der Waals surface area contributed by atoms with Crippen LogP contribution in [-0.4, -0.2) is 17.4 Å². The summed E-state index contributed by atoms with van der Waals surface area (Å²) in [7, 11) is 0. The summed E-state index contributed by atoms with van der Waals surface area (Å²) in [6, 6.07) is 18.9. The average molecular weight is 410 g/mol. The van der Waals surface area contributed by atoms with E-state index in [0.717, 1.165) is 28.1 Å². The van der Waals surface area contributed by atoms with Crippen LogP contribution in [0.15, 0.2) is 66.9 Å². The van der Waals surface area contributed by atoms with Gasteiger partial charge < -0.3 is 10.6 Å². The lowest BCUT2D eigenvalue weighted by Crippen LogP contribution is -2.40. The molecule has 3 aromatic rings. The summed E-state index contributed by atoms with van der Waals surface area (Å²) in [5.41, 5.74) is 12.4. The third-order valence-corrected chi connectivity index (χ3v) is 5.06. The van der Waals surface area contributed by atoms with Gasteiger partial charge in [0.05, 0.1) is 0 Å². The number of halogens is 1. The predicted molar refractivity (Wildman–Crippen MR) is 122 cm³/mol. The molecule has 0 fully saturated rings. The maximum Gasteiger partial charge on any atom is 0.248 e. The second-order valence-corrected chi connectivity index (χ2v) is 7.22. The fourth-order valence-electron chi connectivity index (χ4n) is 3.10. The van der Waals surface area contributed by atoms with Crippen LogP contribution in [0.3, 0.4) is 0 Å². The Bertz CT molecular complexity index is 942. The third-order valence-electron chi connectivity index (χ3n) is 5.06. The Morgan fingerprint density at radius 2 is 1.72 bits per heavy atom. The van der Waals surface area contributed by atoms with E-state index >= 15 is 0 Å². The number of aromatic nitrogens is 1. The fourth-order valence-corrected chi connectivity index (χ4v) is 3.10. The van der Waals surface area contributed by atoms with Crippen LogP contribution in [-0.2, 0) is 11.2 Å². The molecule has 1 aromatic heterocycles.